The lowest BCUT2D eigenvalue weighted by Gasteiger charge is -2.10. The molecule has 0 bridgehead atoms. The fraction of sp³-hybridized carbons (Fsp3) is 0.357. The van der Waals surface area contributed by atoms with E-state index in [0.29, 0.717) is 18.9 Å². The average molecular weight is 309 g/mol. The molecule has 0 aliphatic carbocycles. The molecule has 6 nitrogen and oxygen atoms in total. The largest absolute Gasteiger partial charge is 0.497 e. The van der Waals surface area contributed by atoms with Crippen molar-refractivity contribution in [3.05, 3.63) is 30.5 Å². The molecule has 0 unspecified atom stereocenters. The quantitative estimate of drug-likeness (QED) is 0.812. The highest BCUT2D eigenvalue weighted by Crippen LogP contribution is 2.25. The van der Waals surface area contributed by atoms with Crippen LogP contribution in [0, 0.1) is 0 Å². The zero-order chi connectivity index (χ0) is 15.3. The van der Waals surface area contributed by atoms with Crippen LogP contribution in [-0.4, -0.2) is 39.4 Å². The van der Waals surface area contributed by atoms with Crippen molar-refractivity contribution < 1.29 is 13.2 Å². The molecule has 0 aliphatic rings. The first kappa shape index (κ1) is 15.5. The maximum Gasteiger partial charge on any atom is 0.213 e. The number of fused-ring (bicyclic) bond motifs is 1. The van der Waals surface area contributed by atoms with Crippen molar-refractivity contribution in [3.8, 4) is 5.75 Å². The number of pyridine rings is 1. The van der Waals surface area contributed by atoms with Gasteiger partial charge in [-0.05, 0) is 23.6 Å². The minimum atomic E-state index is -3.23. The molecule has 2 N–H and O–H groups in total. The number of sulfonamides is 1. The lowest BCUT2D eigenvalue weighted by molar-refractivity contribution is 0.415. The van der Waals surface area contributed by atoms with Crippen LogP contribution in [0.2, 0.25) is 0 Å². The highest BCUT2D eigenvalue weighted by atomic mass is 32.2. The summed E-state index contributed by atoms with van der Waals surface area (Å²) in [4.78, 5) is 4.27. The fourth-order valence-corrected chi connectivity index (χ4v) is 2.97. The summed E-state index contributed by atoms with van der Waals surface area (Å²) >= 11 is 0. The van der Waals surface area contributed by atoms with Crippen LogP contribution >= 0.6 is 0 Å². The number of aromatic nitrogens is 1. The van der Waals surface area contributed by atoms with E-state index in [1.807, 2.05) is 24.3 Å². The minimum absolute atomic E-state index is 0.00285. The van der Waals surface area contributed by atoms with Gasteiger partial charge < -0.3 is 10.1 Å². The predicted octanol–water partition coefficient (Wildman–Crippen LogP) is 1.59. The lowest BCUT2D eigenvalue weighted by atomic mass is 10.1. The summed E-state index contributed by atoms with van der Waals surface area (Å²) in [7, 11) is -1.63. The number of benzene rings is 1. The van der Waals surface area contributed by atoms with Gasteiger partial charge in [0.2, 0.25) is 10.0 Å². The minimum Gasteiger partial charge on any atom is -0.497 e. The van der Waals surface area contributed by atoms with Gasteiger partial charge in [-0.2, -0.15) is 0 Å². The first-order valence-corrected chi connectivity index (χ1v) is 8.35. The Morgan fingerprint density at radius 3 is 2.81 bits per heavy atom. The lowest BCUT2D eigenvalue weighted by Crippen LogP contribution is -2.29. The number of anilines is 1. The summed E-state index contributed by atoms with van der Waals surface area (Å²) in [6.45, 7) is 2.44. The highest BCUT2D eigenvalue weighted by Gasteiger charge is 2.09. The van der Waals surface area contributed by atoms with E-state index in [4.69, 9.17) is 4.74 Å². The van der Waals surface area contributed by atoms with E-state index in [2.05, 4.69) is 15.0 Å². The Balaban J connectivity index is 2.15. The zero-order valence-corrected chi connectivity index (χ0v) is 12.9. The van der Waals surface area contributed by atoms with Gasteiger partial charge in [0.05, 0.1) is 12.9 Å². The molecule has 0 saturated heterocycles. The fourth-order valence-electron chi connectivity index (χ4n) is 2.01. The maximum atomic E-state index is 11.6. The summed E-state index contributed by atoms with van der Waals surface area (Å²) in [5, 5.41) is 4.98. The first-order chi connectivity index (χ1) is 10.1. The van der Waals surface area contributed by atoms with Crippen molar-refractivity contribution in [3.63, 3.8) is 0 Å². The monoisotopic (exact) mass is 309 g/mol. The Hall–Kier alpha value is -1.86. The van der Waals surface area contributed by atoms with Gasteiger partial charge in [-0.1, -0.05) is 13.0 Å². The summed E-state index contributed by atoms with van der Waals surface area (Å²) < 4.78 is 30.8. The summed E-state index contributed by atoms with van der Waals surface area (Å²) in [5.74, 6) is 1.39. The number of hydrogen-bond donors (Lipinski definition) is 2. The number of hydrogen-bond acceptors (Lipinski definition) is 5. The van der Waals surface area contributed by atoms with Crippen LogP contribution in [0.5, 0.6) is 5.75 Å². The van der Waals surface area contributed by atoms with Gasteiger partial charge in [-0.25, -0.2) is 18.1 Å². The third-order valence-corrected chi connectivity index (χ3v) is 4.47. The van der Waals surface area contributed by atoms with Gasteiger partial charge in [-0.3, -0.25) is 0 Å². The van der Waals surface area contributed by atoms with Crippen LogP contribution in [0.15, 0.2) is 30.5 Å². The molecule has 0 atom stereocenters. The zero-order valence-electron chi connectivity index (χ0n) is 12.1. The average Bonchev–Trinajstić information content (AvgIpc) is 2.46. The van der Waals surface area contributed by atoms with Crippen LogP contribution in [0.4, 0.5) is 5.82 Å². The van der Waals surface area contributed by atoms with Crippen molar-refractivity contribution in [2.45, 2.75) is 6.92 Å². The van der Waals surface area contributed by atoms with Gasteiger partial charge in [0.25, 0.3) is 0 Å². The Morgan fingerprint density at radius 2 is 2.10 bits per heavy atom. The Bertz CT molecular complexity index is 716. The molecular formula is C14H19N3O3S. The molecule has 114 valence electrons. The molecule has 21 heavy (non-hydrogen) atoms. The van der Waals surface area contributed by atoms with Crippen molar-refractivity contribution in [1.82, 2.24) is 9.71 Å². The van der Waals surface area contributed by atoms with Crippen molar-refractivity contribution in [1.29, 1.82) is 0 Å². The van der Waals surface area contributed by atoms with Gasteiger partial charge in [0.1, 0.15) is 11.6 Å². The Labute approximate surface area is 124 Å². The van der Waals surface area contributed by atoms with E-state index in [9.17, 15) is 8.42 Å². The molecule has 2 aromatic rings. The van der Waals surface area contributed by atoms with Gasteiger partial charge in [0.15, 0.2) is 0 Å². The molecule has 7 heteroatoms. The van der Waals surface area contributed by atoms with E-state index in [1.165, 1.54) is 0 Å². The van der Waals surface area contributed by atoms with Crippen molar-refractivity contribution in [2.75, 3.05) is 31.3 Å². The summed E-state index contributed by atoms with van der Waals surface area (Å²) in [6, 6.07) is 7.59. The second-order valence-electron chi connectivity index (χ2n) is 4.49. The van der Waals surface area contributed by atoms with Crippen LogP contribution in [0.25, 0.3) is 10.8 Å². The molecule has 0 amide bonds. The highest BCUT2D eigenvalue weighted by molar-refractivity contribution is 7.89. The van der Waals surface area contributed by atoms with E-state index in [0.717, 1.165) is 16.5 Å². The van der Waals surface area contributed by atoms with Crippen LogP contribution in [-0.2, 0) is 10.0 Å². The third kappa shape index (κ3) is 4.05. The van der Waals surface area contributed by atoms with Gasteiger partial charge in [0, 0.05) is 24.7 Å². The summed E-state index contributed by atoms with van der Waals surface area (Å²) in [5.41, 5.74) is 0. The molecular weight excluding hydrogens is 290 g/mol. The van der Waals surface area contributed by atoms with Crippen LogP contribution in [0.1, 0.15) is 6.92 Å². The normalized spacial score (nSPS) is 11.5. The first-order valence-electron chi connectivity index (χ1n) is 6.69. The second-order valence-corrected chi connectivity index (χ2v) is 6.42. The molecule has 1 aromatic heterocycles. The van der Waals surface area contributed by atoms with Gasteiger partial charge >= 0.3 is 0 Å². The maximum absolute atomic E-state index is 11.6. The van der Waals surface area contributed by atoms with Gasteiger partial charge in [-0.15, -0.1) is 0 Å². The Kier molecular flexibility index (Phi) is 4.98. The SMILES string of the molecule is CCNS(=O)(=O)CCNc1nccc2ccc(OC)cc12. The van der Waals surface area contributed by atoms with E-state index < -0.39 is 10.0 Å². The van der Waals surface area contributed by atoms with Crippen molar-refractivity contribution >= 4 is 26.6 Å². The number of rotatable bonds is 7. The smallest absolute Gasteiger partial charge is 0.213 e. The Morgan fingerprint density at radius 1 is 1.29 bits per heavy atom. The summed E-state index contributed by atoms with van der Waals surface area (Å²) in [6.07, 6.45) is 1.69. The molecule has 0 radical (unpaired) electrons. The number of methoxy groups -OCH3 is 1. The van der Waals surface area contributed by atoms with E-state index in [-0.39, 0.29) is 5.75 Å². The standard InChI is InChI=1S/C14H19N3O3S/c1-3-17-21(18,19)9-8-16-14-13-10-12(20-2)5-4-11(13)6-7-15-14/h4-7,10,17H,3,8-9H2,1-2H3,(H,15,16). The molecule has 0 saturated carbocycles. The second kappa shape index (κ2) is 6.73. The molecule has 1 heterocycles. The molecule has 0 fully saturated rings. The number of ether oxygens (including phenoxy) is 1. The van der Waals surface area contributed by atoms with E-state index in [1.54, 1.807) is 20.2 Å². The molecule has 2 rings (SSSR count). The topological polar surface area (TPSA) is 80.3 Å². The molecule has 1 aromatic carbocycles. The molecule has 0 aliphatic heterocycles. The predicted molar refractivity (Wildman–Crippen MR) is 84.2 cm³/mol. The number of nitrogens with one attached hydrogen (secondary N) is 2. The van der Waals surface area contributed by atoms with Crippen LogP contribution in [0.3, 0.4) is 0 Å². The third-order valence-electron chi connectivity index (χ3n) is 3.00. The van der Waals surface area contributed by atoms with Crippen LogP contribution < -0.4 is 14.8 Å². The number of nitrogens with zero attached hydrogens (tertiary/aromatic N) is 1. The van der Waals surface area contributed by atoms with Crippen molar-refractivity contribution in [2.24, 2.45) is 0 Å². The van der Waals surface area contributed by atoms with E-state index >= 15 is 0 Å². The molecule has 0 spiro atoms.